The molecule has 0 aromatic heterocycles. The van der Waals surface area contributed by atoms with Gasteiger partial charge in [-0.05, 0) is 30.7 Å². The second-order valence-electron chi connectivity index (χ2n) is 5.34. The van der Waals surface area contributed by atoms with Crippen molar-refractivity contribution in [2.75, 3.05) is 7.11 Å². The summed E-state index contributed by atoms with van der Waals surface area (Å²) < 4.78 is 32.4. The highest BCUT2D eigenvalue weighted by atomic mass is 35.5. The van der Waals surface area contributed by atoms with Gasteiger partial charge in [0.1, 0.15) is 10.6 Å². The molecule has 1 atom stereocenters. The van der Waals surface area contributed by atoms with Crippen molar-refractivity contribution < 1.29 is 17.9 Å². The minimum absolute atomic E-state index is 0.120. The standard InChI is InChI=1S/C17H19ClN2O4S/c1-12(17(21)19-11-13-6-4-3-5-7-13)20-25(22,23)16-10-14(18)8-9-15(16)24-2/h3-10,12,20H,11H2,1-2H3,(H,19,21)/t12-/m0/s1. The number of amides is 1. The summed E-state index contributed by atoms with van der Waals surface area (Å²) in [4.78, 5) is 12.0. The van der Waals surface area contributed by atoms with Crippen LogP contribution < -0.4 is 14.8 Å². The summed E-state index contributed by atoms with van der Waals surface area (Å²) in [6.07, 6.45) is 0. The fraction of sp³-hybridized carbons (Fsp3) is 0.235. The Bertz CT molecular complexity index is 841. The Labute approximate surface area is 152 Å². The second-order valence-corrected chi connectivity index (χ2v) is 7.46. The lowest BCUT2D eigenvalue weighted by molar-refractivity contribution is -0.122. The second kappa shape index (κ2) is 8.33. The van der Waals surface area contributed by atoms with Gasteiger partial charge in [0, 0.05) is 11.6 Å². The average Bonchev–Trinajstić information content (AvgIpc) is 2.60. The Morgan fingerprint density at radius 2 is 1.88 bits per heavy atom. The number of hydrogen-bond donors (Lipinski definition) is 2. The number of hydrogen-bond acceptors (Lipinski definition) is 4. The molecule has 1 amide bonds. The maximum absolute atomic E-state index is 12.5. The quantitative estimate of drug-likeness (QED) is 0.769. The predicted octanol–water partition coefficient (Wildman–Crippen LogP) is 2.33. The van der Waals surface area contributed by atoms with Crippen LogP contribution in [0.3, 0.4) is 0 Å². The lowest BCUT2D eigenvalue weighted by Gasteiger charge is -2.16. The SMILES string of the molecule is COc1ccc(Cl)cc1S(=O)(=O)N[C@@H](C)C(=O)NCc1ccccc1. The van der Waals surface area contributed by atoms with Crippen LogP contribution in [0.4, 0.5) is 0 Å². The van der Waals surface area contributed by atoms with E-state index >= 15 is 0 Å². The summed E-state index contributed by atoms with van der Waals surface area (Å²) in [5.74, 6) is -0.290. The number of methoxy groups -OCH3 is 1. The van der Waals surface area contributed by atoms with Gasteiger partial charge in [-0.3, -0.25) is 4.79 Å². The largest absolute Gasteiger partial charge is 0.495 e. The van der Waals surface area contributed by atoms with E-state index in [-0.39, 0.29) is 15.7 Å². The summed E-state index contributed by atoms with van der Waals surface area (Å²) >= 11 is 5.87. The van der Waals surface area contributed by atoms with Gasteiger partial charge in [0.15, 0.2) is 0 Å². The molecule has 2 aromatic rings. The van der Waals surface area contributed by atoms with Crippen LogP contribution in [0.25, 0.3) is 0 Å². The predicted molar refractivity (Wildman–Crippen MR) is 96.1 cm³/mol. The number of halogens is 1. The fourth-order valence-electron chi connectivity index (χ4n) is 2.15. The molecule has 0 fully saturated rings. The van der Waals surface area contributed by atoms with Gasteiger partial charge in [0.2, 0.25) is 15.9 Å². The molecular formula is C17H19ClN2O4S. The topological polar surface area (TPSA) is 84.5 Å². The first kappa shape index (κ1) is 19.2. The molecule has 0 heterocycles. The molecule has 134 valence electrons. The van der Waals surface area contributed by atoms with Crippen LogP contribution in [0.1, 0.15) is 12.5 Å². The zero-order chi connectivity index (χ0) is 18.4. The van der Waals surface area contributed by atoms with Crippen molar-refractivity contribution in [3.05, 3.63) is 59.1 Å². The van der Waals surface area contributed by atoms with Gasteiger partial charge >= 0.3 is 0 Å². The van der Waals surface area contributed by atoms with Crippen molar-refractivity contribution in [2.45, 2.75) is 24.4 Å². The van der Waals surface area contributed by atoms with Gasteiger partial charge in [0.25, 0.3) is 0 Å². The molecule has 6 nitrogen and oxygen atoms in total. The van der Waals surface area contributed by atoms with Crippen molar-refractivity contribution in [3.63, 3.8) is 0 Å². The Morgan fingerprint density at radius 1 is 1.20 bits per heavy atom. The molecule has 0 saturated carbocycles. The van der Waals surface area contributed by atoms with E-state index in [0.29, 0.717) is 6.54 Å². The highest BCUT2D eigenvalue weighted by Gasteiger charge is 2.25. The highest BCUT2D eigenvalue weighted by Crippen LogP contribution is 2.27. The van der Waals surface area contributed by atoms with Crippen LogP contribution in [0, 0.1) is 0 Å². The molecule has 0 spiro atoms. The van der Waals surface area contributed by atoms with E-state index < -0.39 is 22.0 Å². The fourth-order valence-corrected chi connectivity index (χ4v) is 3.78. The van der Waals surface area contributed by atoms with Crippen LogP contribution in [-0.2, 0) is 21.4 Å². The zero-order valence-corrected chi connectivity index (χ0v) is 15.4. The van der Waals surface area contributed by atoms with Crippen molar-refractivity contribution >= 4 is 27.5 Å². The zero-order valence-electron chi connectivity index (χ0n) is 13.8. The maximum Gasteiger partial charge on any atom is 0.245 e. The lowest BCUT2D eigenvalue weighted by Crippen LogP contribution is -2.44. The van der Waals surface area contributed by atoms with Crippen LogP contribution >= 0.6 is 11.6 Å². The van der Waals surface area contributed by atoms with Gasteiger partial charge < -0.3 is 10.1 Å². The van der Waals surface area contributed by atoms with E-state index in [1.807, 2.05) is 30.3 Å². The first-order valence-corrected chi connectivity index (χ1v) is 9.37. The van der Waals surface area contributed by atoms with Crippen LogP contribution in [0.15, 0.2) is 53.4 Å². The van der Waals surface area contributed by atoms with E-state index in [0.717, 1.165) is 5.56 Å². The van der Waals surface area contributed by atoms with Gasteiger partial charge in [0.05, 0.1) is 13.2 Å². The smallest absolute Gasteiger partial charge is 0.245 e. The molecule has 2 N–H and O–H groups in total. The monoisotopic (exact) mass is 382 g/mol. The molecular weight excluding hydrogens is 364 g/mol. The van der Waals surface area contributed by atoms with Crippen molar-refractivity contribution in [1.82, 2.24) is 10.0 Å². The molecule has 0 aliphatic rings. The molecule has 0 aliphatic heterocycles. The van der Waals surface area contributed by atoms with Crippen molar-refractivity contribution in [1.29, 1.82) is 0 Å². The molecule has 0 radical (unpaired) electrons. The van der Waals surface area contributed by atoms with E-state index in [1.54, 1.807) is 0 Å². The molecule has 0 saturated heterocycles. The van der Waals surface area contributed by atoms with E-state index in [2.05, 4.69) is 10.0 Å². The Morgan fingerprint density at radius 3 is 2.52 bits per heavy atom. The number of nitrogens with one attached hydrogen (secondary N) is 2. The van der Waals surface area contributed by atoms with Gasteiger partial charge in [-0.25, -0.2) is 8.42 Å². The van der Waals surface area contributed by atoms with E-state index in [4.69, 9.17) is 16.3 Å². The molecule has 0 bridgehead atoms. The Hall–Kier alpha value is -2.09. The number of ether oxygens (including phenoxy) is 1. The molecule has 2 rings (SSSR count). The highest BCUT2D eigenvalue weighted by molar-refractivity contribution is 7.89. The summed E-state index contributed by atoms with van der Waals surface area (Å²) in [5.41, 5.74) is 0.919. The first-order valence-electron chi connectivity index (χ1n) is 7.51. The maximum atomic E-state index is 12.5. The van der Waals surface area contributed by atoms with Crippen molar-refractivity contribution in [3.8, 4) is 5.75 Å². The van der Waals surface area contributed by atoms with Gasteiger partial charge in [-0.15, -0.1) is 0 Å². The minimum atomic E-state index is -3.97. The molecule has 8 heteroatoms. The molecule has 0 unspecified atom stereocenters. The third-order valence-electron chi connectivity index (χ3n) is 3.45. The number of rotatable bonds is 7. The molecule has 2 aromatic carbocycles. The minimum Gasteiger partial charge on any atom is -0.495 e. The van der Waals surface area contributed by atoms with Gasteiger partial charge in [-0.2, -0.15) is 4.72 Å². The third kappa shape index (κ3) is 5.19. The number of sulfonamides is 1. The van der Waals surface area contributed by atoms with E-state index in [1.165, 1.54) is 32.2 Å². The van der Waals surface area contributed by atoms with Crippen molar-refractivity contribution in [2.24, 2.45) is 0 Å². The summed E-state index contributed by atoms with van der Waals surface area (Å²) in [7, 11) is -2.61. The normalized spacial score (nSPS) is 12.4. The third-order valence-corrected chi connectivity index (χ3v) is 5.25. The van der Waals surface area contributed by atoms with Crippen LogP contribution in [0.5, 0.6) is 5.75 Å². The average molecular weight is 383 g/mol. The van der Waals surface area contributed by atoms with Crippen LogP contribution in [-0.4, -0.2) is 27.5 Å². The van der Waals surface area contributed by atoms with Gasteiger partial charge in [-0.1, -0.05) is 41.9 Å². The van der Waals surface area contributed by atoms with Crippen LogP contribution in [0.2, 0.25) is 5.02 Å². The Balaban J connectivity index is 2.06. The molecule has 0 aliphatic carbocycles. The van der Waals surface area contributed by atoms with E-state index in [9.17, 15) is 13.2 Å². The number of carbonyl (C=O) groups excluding carboxylic acids is 1. The lowest BCUT2D eigenvalue weighted by atomic mass is 10.2. The Kier molecular flexibility index (Phi) is 6.41. The first-order chi connectivity index (χ1) is 11.8. The summed E-state index contributed by atoms with van der Waals surface area (Å²) in [6, 6.07) is 12.6. The summed E-state index contributed by atoms with van der Waals surface area (Å²) in [6.45, 7) is 1.78. The summed E-state index contributed by atoms with van der Waals surface area (Å²) in [5, 5.41) is 2.94. The number of carbonyl (C=O) groups is 1. The molecule has 25 heavy (non-hydrogen) atoms. The number of benzene rings is 2.